The van der Waals surface area contributed by atoms with Gasteiger partial charge in [0.25, 0.3) is 0 Å². The summed E-state index contributed by atoms with van der Waals surface area (Å²) in [5, 5.41) is 14.0. The fourth-order valence-corrected chi connectivity index (χ4v) is 3.39. The van der Waals surface area contributed by atoms with Crippen LogP contribution in [-0.2, 0) is 11.2 Å². The maximum atomic E-state index is 12.5. The van der Waals surface area contributed by atoms with Crippen LogP contribution < -0.4 is 10.2 Å². The van der Waals surface area contributed by atoms with Crippen LogP contribution in [0.2, 0.25) is 0 Å². The van der Waals surface area contributed by atoms with E-state index in [-0.39, 0.29) is 17.4 Å². The van der Waals surface area contributed by atoms with Crippen molar-refractivity contribution in [2.45, 2.75) is 18.5 Å². The third-order valence-corrected chi connectivity index (χ3v) is 4.42. The molecule has 6 nitrogen and oxygen atoms in total. The Labute approximate surface area is 140 Å². The molecule has 0 bridgehead atoms. The molecule has 1 N–H and O–H groups in total. The summed E-state index contributed by atoms with van der Waals surface area (Å²) >= 11 is 0. The van der Waals surface area contributed by atoms with E-state index in [1.165, 1.54) is 0 Å². The Balaban J connectivity index is 2.14. The number of benzene rings is 2. The minimum atomic E-state index is -0.477. The highest BCUT2D eigenvalue weighted by atomic mass is 16.6. The second kappa shape index (κ2) is 6.70. The summed E-state index contributed by atoms with van der Waals surface area (Å²) in [4.78, 5) is 25.3. The van der Waals surface area contributed by atoms with Gasteiger partial charge in [0.1, 0.15) is 12.1 Å². The van der Waals surface area contributed by atoms with E-state index in [1.54, 1.807) is 7.05 Å². The molecule has 0 fully saturated rings. The van der Waals surface area contributed by atoms with Gasteiger partial charge in [0.2, 0.25) is 12.5 Å². The van der Waals surface area contributed by atoms with Gasteiger partial charge in [-0.1, -0.05) is 42.5 Å². The summed E-state index contributed by atoms with van der Waals surface area (Å²) in [6.07, 6.45) is 0.527. The van der Waals surface area contributed by atoms with Crippen molar-refractivity contribution in [2.75, 3.05) is 18.5 Å². The molecular weight excluding hydrogens is 306 g/mol. The molecule has 0 saturated heterocycles. The second-order valence-electron chi connectivity index (χ2n) is 5.81. The lowest BCUT2D eigenvalue weighted by Crippen LogP contribution is -2.53. The molecule has 1 aliphatic rings. The van der Waals surface area contributed by atoms with E-state index in [4.69, 9.17) is 0 Å². The Morgan fingerprint density at radius 2 is 1.88 bits per heavy atom. The van der Waals surface area contributed by atoms with Crippen LogP contribution in [0.1, 0.15) is 17.2 Å². The fraction of sp³-hybridized carbons (Fsp3) is 0.278. The summed E-state index contributed by atoms with van der Waals surface area (Å²) in [6.45, 7) is -0.251. The van der Waals surface area contributed by atoms with Crippen molar-refractivity contribution in [3.05, 3.63) is 75.8 Å². The average Bonchev–Trinajstić information content (AvgIpc) is 2.61. The third-order valence-electron chi connectivity index (χ3n) is 4.42. The maximum Gasteiger partial charge on any atom is 0.242 e. The average molecular weight is 325 g/mol. The third kappa shape index (κ3) is 2.95. The summed E-state index contributed by atoms with van der Waals surface area (Å²) in [5.74, 6) is -0.137. The maximum absolute atomic E-state index is 12.5. The molecule has 1 heterocycles. The number of carbonyl (C=O) groups excluding carboxylic acids is 1. The van der Waals surface area contributed by atoms with Crippen molar-refractivity contribution in [1.82, 2.24) is 5.32 Å². The molecule has 0 aliphatic carbocycles. The minimum absolute atomic E-state index is 0.137. The quantitative estimate of drug-likeness (QED) is 0.690. The van der Waals surface area contributed by atoms with Crippen LogP contribution in [0, 0.1) is 10.1 Å². The molecule has 2 atom stereocenters. The molecule has 0 aromatic heterocycles. The largest absolute Gasteiger partial charge is 0.357 e. The van der Waals surface area contributed by atoms with Gasteiger partial charge in [-0.05, 0) is 23.3 Å². The van der Waals surface area contributed by atoms with Gasteiger partial charge in [-0.15, -0.1) is 0 Å². The summed E-state index contributed by atoms with van der Waals surface area (Å²) in [7, 11) is 1.59. The van der Waals surface area contributed by atoms with Crippen LogP contribution in [0.3, 0.4) is 0 Å². The lowest BCUT2D eigenvalue weighted by molar-refractivity contribution is -0.483. The smallest absolute Gasteiger partial charge is 0.242 e. The van der Waals surface area contributed by atoms with Crippen molar-refractivity contribution in [3.63, 3.8) is 0 Å². The van der Waals surface area contributed by atoms with Crippen LogP contribution in [-0.4, -0.2) is 30.5 Å². The zero-order chi connectivity index (χ0) is 17.1. The Bertz CT molecular complexity index is 748. The zero-order valence-electron chi connectivity index (χ0n) is 13.4. The van der Waals surface area contributed by atoms with Gasteiger partial charge < -0.3 is 10.2 Å². The number of hydrogen-bond donors (Lipinski definition) is 1. The molecular formula is C18H19N3O3. The normalized spacial score (nSPS) is 19.5. The molecule has 2 unspecified atom stereocenters. The van der Waals surface area contributed by atoms with Crippen molar-refractivity contribution < 1.29 is 9.72 Å². The van der Waals surface area contributed by atoms with Gasteiger partial charge in [0.05, 0.1) is 0 Å². The first-order valence-corrected chi connectivity index (χ1v) is 7.86. The highest BCUT2D eigenvalue weighted by Gasteiger charge is 2.40. The van der Waals surface area contributed by atoms with Crippen LogP contribution in [0.4, 0.5) is 5.69 Å². The number of nitro groups is 1. The van der Waals surface area contributed by atoms with Crippen molar-refractivity contribution in [3.8, 4) is 0 Å². The number of para-hydroxylation sites is 1. The molecule has 0 spiro atoms. The molecule has 0 radical (unpaired) electrons. The predicted molar refractivity (Wildman–Crippen MR) is 91.5 cm³/mol. The Morgan fingerprint density at radius 3 is 2.54 bits per heavy atom. The molecule has 2 aromatic rings. The Hall–Kier alpha value is -2.89. The standard InChI is InChI=1S/C18H19N3O3/c1-19-18(22)16-11-13-7-5-6-10-15(13)17(12-20(23)24)21(16)14-8-3-2-4-9-14/h2-10,16-17H,11-12H2,1H3,(H,19,22). The van der Waals surface area contributed by atoms with E-state index in [9.17, 15) is 14.9 Å². The lowest BCUT2D eigenvalue weighted by Gasteiger charge is -2.42. The number of rotatable bonds is 4. The van der Waals surface area contributed by atoms with E-state index >= 15 is 0 Å². The molecule has 3 rings (SSSR count). The van der Waals surface area contributed by atoms with Gasteiger partial charge in [-0.2, -0.15) is 0 Å². The number of anilines is 1. The first-order chi connectivity index (χ1) is 11.6. The second-order valence-corrected chi connectivity index (χ2v) is 5.81. The van der Waals surface area contributed by atoms with Gasteiger partial charge in [-0.3, -0.25) is 14.9 Å². The van der Waals surface area contributed by atoms with Gasteiger partial charge in [0.15, 0.2) is 0 Å². The van der Waals surface area contributed by atoms with Gasteiger partial charge in [0, 0.05) is 24.1 Å². The van der Waals surface area contributed by atoms with Crippen molar-refractivity contribution in [1.29, 1.82) is 0 Å². The number of nitrogens with one attached hydrogen (secondary N) is 1. The first-order valence-electron chi connectivity index (χ1n) is 7.86. The van der Waals surface area contributed by atoms with Crippen LogP contribution in [0.25, 0.3) is 0 Å². The van der Waals surface area contributed by atoms with Crippen LogP contribution in [0.5, 0.6) is 0 Å². The number of amides is 1. The topological polar surface area (TPSA) is 75.5 Å². The molecule has 6 heteroatoms. The molecule has 24 heavy (non-hydrogen) atoms. The molecule has 2 aromatic carbocycles. The van der Waals surface area contributed by atoms with Gasteiger partial charge >= 0.3 is 0 Å². The van der Waals surface area contributed by atoms with Crippen LogP contribution in [0.15, 0.2) is 54.6 Å². The number of hydrogen-bond acceptors (Lipinski definition) is 4. The molecule has 0 saturated carbocycles. The summed E-state index contributed by atoms with van der Waals surface area (Å²) < 4.78 is 0. The van der Waals surface area contributed by atoms with E-state index in [0.717, 1.165) is 16.8 Å². The first kappa shape index (κ1) is 16.0. The predicted octanol–water partition coefficient (Wildman–Crippen LogP) is 2.18. The van der Waals surface area contributed by atoms with Crippen molar-refractivity contribution in [2.24, 2.45) is 0 Å². The van der Waals surface area contributed by atoms with E-state index in [1.807, 2.05) is 59.5 Å². The Morgan fingerprint density at radius 1 is 1.21 bits per heavy atom. The SMILES string of the molecule is CNC(=O)C1Cc2ccccc2C(C[N+](=O)[O-])N1c1ccccc1. The number of carbonyl (C=O) groups is 1. The number of fused-ring (bicyclic) bond motifs is 1. The highest BCUT2D eigenvalue weighted by Crippen LogP contribution is 2.37. The minimum Gasteiger partial charge on any atom is -0.357 e. The molecule has 1 amide bonds. The zero-order valence-corrected chi connectivity index (χ0v) is 13.4. The number of likely N-dealkylation sites (N-methyl/N-ethyl adjacent to an activating group) is 1. The molecule has 1 aliphatic heterocycles. The van der Waals surface area contributed by atoms with Crippen LogP contribution >= 0.6 is 0 Å². The lowest BCUT2D eigenvalue weighted by atomic mass is 9.87. The van der Waals surface area contributed by atoms with Crippen molar-refractivity contribution >= 4 is 11.6 Å². The Kier molecular flexibility index (Phi) is 4.46. The summed E-state index contributed by atoms with van der Waals surface area (Å²) in [5.41, 5.74) is 2.72. The molecule has 124 valence electrons. The monoisotopic (exact) mass is 325 g/mol. The van der Waals surface area contributed by atoms with E-state index in [2.05, 4.69) is 5.32 Å². The number of nitrogens with zero attached hydrogens (tertiary/aromatic N) is 2. The fourth-order valence-electron chi connectivity index (χ4n) is 3.39. The van der Waals surface area contributed by atoms with Gasteiger partial charge in [-0.25, -0.2) is 0 Å². The van der Waals surface area contributed by atoms with E-state index < -0.39 is 12.1 Å². The van der Waals surface area contributed by atoms with E-state index in [0.29, 0.717) is 6.42 Å². The highest BCUT2D eigenvalue weighted by molar-refractivity contribution is 5.86. The summed E-state index contributed by atoms with van der Waals surface area (Å²) in [6, 6.07) is 16.1.